The Morgan fingerprint density at radius 3 is 2.43 bits per heavy atom. The van der Waals surface area contributed by atoms with Gasteiger partial charge in [0.05, 0.1) is 23.1 Å². The van der Waals surface area contributed by atoms with Crippen LogP contribution >= 0.6 is 0 Å². The lowest BCUT2D eigenvalue weighted by molar-refractivity contribution is 0.612. The Morgan fingerprint density at radius 2 is 1.93 bits per heavy atom. The lowest BCUT2D eigenvalue weighted by Crippen LogP contribution is -2.16. The Bertz CT molecular complexity index is 436. The third-order valence-corrected chi connectivity index (χ3v) is 2.05. The fraction of sp³-hybridized carbons (Fsp3) is 0.273. The van der Waals surface area contributed by atoms with Crippen LogP contribution in [0.5, 0.6) is 0 Å². The summed E-state index contributed by atoms with van der Waals surface area (Å²) in [5.41, 5.74) is -0.0619. The van der Waals surface area contributed by atoms with Crippen LogP contribution in [0.1, 0.15) is 25.0 Å². The molecule has 14 heavy (non-hydrogen) atoms. The van der Waals surface area contributed by atoms with E-state index in [9.17, 15) is 4.39 Å². The molecule has 0 amide bonds. The molecular weight excluding hydrogens is 179 g/mol. The van der Waals surface area contributed by atoms with Gasteiger partial charge in [-0.2, -0.15) is 10.5 Å². The molecule has 1 rings (SSSR count). The Labute approximate surface area is 82.2 Å². The van der Waals surface area contributed by atoms with Gasteiger partial charge in [0.1, 0.15) is 5.82 Å². The van der Waals surface area contributed by atoms with Gasteiger partial charge in [0.2, 0.25) is 0 Å². The standard InChI is InChI=1S/C11H9FN2/c1-11(2,7-14)10-5-9(12)4-3-8(10)6-13/h3-5H,1-2H3. The number of hydrogen-bond donors (Lipinski definition) is 0. The molecule has 0 aromatic heterocycles. The van der Waals surface area contributed by atoms with Gasteiger partial charge in [0, 0.05) is 0 Å². The van der Waals surface area contributed by atoms with E-state index in [1.807, 2.05) is 12.1 Å². The Hall–Kier alpha value is -1.87. The summed E-state index contributed by atoms with van der Waals surface area (Å²) in [4.78, 5) is 0. The number of benzene rings is 1. The third-order valence-electron chi connectivity index (χ3n) is 2.05. The van der Waals surface area contributed by atoms with Gasteiger partial charge in [0.25, 0.3) is 0 Å². The molecular formula is C11H9FN2. The first-order valence-electron chi connectivity index (χ1n) is 4.12. The van der Waals surface area contributed by atoms with Crippen molar-refractivity contribution in [2.45, 2.75) is 19.3 Å². The molecule has 0 heterocycles. The molecule has 0 aliphatic heterocycles. The van der Waals surface area contributed by atoms with Crippen molar-refractivity contribution in [3.63, 3.8) is 0 Å². The summed E-state index contributed by atoms with van der Waals surface area (Å²) in [6.45, 7) is 3.31. The molecule has 0 atom stereocenters. The van der Waals surface area contributed by atoms with Gasteiger partial charge >= 0.3 is 0 Å². The van der Waals surface area contributed by atoms with Crippen molar-refractivity contribution in [2.24, 2.45) is 0 Å². The fourth-order valence-electron chi connectivity index (χ4n) is 1.19. The highest BCUT2D eigenvalue weighted by Gasteiger charge is 2.23. The maximum atomic E-state index is 12.9. The van der Waals surface area contributed by atoms with Gasteiger partial charge in [-0.1, -0.05) is 0 Å². The minimum absolute atomic E-state index is 0.345. The molecule has 3 heteroatoms. The van der Waals surface area contributed by atoms with E-state index in [0.717, 1.165) is 0 Å². The lowest BCUT2D eigenvalue weighted by Gasteiger charge is -2.16. The van der Waals surface area contributed by atoms with Crippen LogP contribution in [-0.2, 0) is 5.41 Å². The van der Waals surface area contributed by atoms with E-state index in [1.54, 1.807) is 13.8 Å². The molecule has 0 N–H and O–H groups in total. The monoisotopic (exact) mass is 188 g/mol. The van der Waals surface area contributed by atoms with Crippen molar-refractivity contribution in [1.29, 1.82) is 10.5 Å². The van der Waals surface area contributed by atoms with Gasteiger partial charge < -0.3 is 0 Å². The molecule has 0 bridgehead atoms. The second-order valence-electron chi connectivity index (χ2n) is 3.54. The summed E-state index contributed by atoms with van der Waals surface area (Å²) in [5, 5.41) is 17.7. The Morgan fingerprint density at radius 1 is 1.29 bits per heavy atom. The zero-order valence-electron chi connectivity index (χ0n) is 8.00. The molecule has 0 fully saturated rings. The zero-order chi connectivity index (χ0) is 10.8. The molecule has 0 aliphatic rings. The molecule has 1 aromatic rings. The Balaban J connectivity index is 3.42. The number of nitrogens with zero attached hydrogens (tertiary/aromatic N) is 2. The van der Waals surface area contributed by atoms with Crippen LogP contribution in [0.3, 0.4) is 0 Å². The van der Waals surface area contributed by atoms with Gasteiger partial charge in [0.15, 0.2) is 0 Å². The van der Waals surface area contributed by atoms with Crippen LogP contribution in [0, 0.1) is 28.5 Å². The fourth-order valence-corrected chi connectivity index (χ4v) is 1.19. The quantitative estimate of drug-likeness (QED) is 0.679. The maximum Gasteiger partial charge on any atom is 0.123 e. The second-order valence-corrected chi connectivity index (χ2v) is 3.54. The number of hydrogen-bond acceptors (Lipinski definition) is 2. The zero-order valence-corrected chi connectivity index (χ0v) is 8.00. The average Bonchev–Trinajstić information content (AvgIpc) is 2.18. The van der Waals surface area contributed by atoms with Crippen molar-refractivity contribution < 1.29 is 4.39 Å². The summed E-state index contributed by atoms with van der Waals surface area (Å²) in [6, 6.07) is 7.84. The molecule has 70 valence electrons. The first-order chi connectivity index (χ1) is 6.51. The third kappa shape index (κ3) is 1.72. The van der Waals surface area contributed by atoms with E-state index in [0.29, 0.717) is 11.1 Å². The molecule has 0 saturated heterocycles. The lowest BCUT2D eigenvalue weighted by atomic mass is 9.83. The van der Waals surface area contributed by atoms with Crippen molar-refractivity contribution in [3.8, 4) is 12.1 Å². The van der Waals surface area contributed by atoms with Crippen LogP contribution in [0.2, 0.25) is 0 Å². The largest absolute Gasteiger partial charge is 0.207 e. The highest BCUT2D eigenvalue weighted by Crippen LogP contribution is 2.26. The number of halogens is 1. The maximum absolute atomic E-state index is 12.9. The smallest absolute Gasteiger partial charge is 0.123 e. The summed E-state index contributed by atoms with van der Waals surface area (Å²) in [7, 11) is 0. The molecule has 0 radical (unpaired) electrons. The van der Waals surface area contributed by atoms with Crippen molar-refractivity contribution in [3.05, 3.63) is 35.1 Å². The van der Waals surface area contributed by atoms with E-state index in [-0.39, 0.29) is 0 Å². The topological polar surface area (TPSA) is 47.6 Å². The predicted octanol–water partition coefficient (Wildman–Crippen LogP) is 2.50. The van der Waals surface area contributed by atoms with Gasteiger partial charge in [-0.05, 0) is 37.6 Å². The van der Waals surface area contributed by atoms with Crippen LogP contribution in [0.15, 0.2) is 18.2 Å². The van der Waals surface area contributed by atoms with E-state index in [1.165, 1.54) is 18.2 Å². The first kappa shape index (κ1) is 10.2. The van der Waals surface area contributed by atoms with Crippen molar-refractivity contribution >= 4 is 0 Å². The number of rotatable bonds is 1. The van der Waals surface area contributed by atoms with Crippen molar-refractivity contribution in [2.75, 3.05) is 0 Å². The molecule has 0 saturated carbocycles. The molecule has 0 unspecified atom stereocenters. The van der Waals surface area contributed by atoms with Crippen LogP contribution in [0.4, 0.5) is 4.39 Å². The van der Waals surface area contributed by atoms with Crippen LogP contribution in [-0.4, -0.2) is 0 Å². The molecule has 0 aliphatic carbocycles. The van der Waals surface area contributed by atoms with Crippen molar-refractivity contribution in [1.82, 2.24) is 0 Å². The van der Waals surface area contributed by atoms with Gasteiger partial charge in [-0.15, -0.1) is 0 Å². The minimum Gasteiger partial charge on any atom is -0.207 e. The molecule has 1 aromatic carbocycles. The van der Waals surface area contributed by atoms with E-state index >= 15 is 0 Å². The predicted molar refractivity (Wildman–Crippen MR) is 49.8 cm³/mol. The number of nitriles is 2. The summed E-state index contributed by atoms with van der Waals surface area (Å²) < 4.78 is 12.9. The van der Waals surface area contributed by atoms with Gasteiger partial charge in [-0.3, -0.25) is 0 Å². The van der Waals surface area contributed by atoms with E-state index in [2.05, 4.69) is 0 Å². The molecule has 2 nitrogen and oxygen atoms in total. The second kappa shape index (κ2) is 3.47. The summed E-state index contributed by atoms with van der Waals surface area (Å²) in [5.74, 6) is -0.428. The van der Waals surface area contributed by atoms with E-state index in [4.69, 9.17) is 10.5 Å². The average molecular weight is 188 g/mol. The highest BCUT2D eigenvalue weighted by atomic mass is 19.1. The van der Waals surface area contributed by atoms with Crippen LogP contribution in [0.25, 0.3) is 0 Å². The van der Waals surface area contributed by atoms with E-state index < -0.39 is 11.2 Å². The normalized spacial score (nSPS) is 10.4. The SMILES string of the molecule is CC(C)(C#N)c1cc(F)ccc1C#N. The van der Waals surface area contributed by atoms with Gasteiger partial charge in [-0.25, -0.2) is 4.39 Å². The summed E-state index contributed by atoms with van der Waals surface area (Å²) >= 11 is 0. The Kier molecular flexibility index (Phi) is 2.53. The molecule has 0 spiro atoms. The minimum atomic E-state index is -0.840. The highest BCUT2D eigenvalue weighted by molar-refractivity contribution is 5.44. The summed E-state index contributed by atoms with van der Waals surface area (Å²) in [6.07, 6.45) is 0. The first-order valence-corrected chi connectivity index (χ1v) is 4.12. The van der Waals surface area contributed by atoms with Crippen LogP contribution < -0.4 is 0 Å².